The number of aryl methyl sites for hydroxylation is 1. The Balaban J connectivity index is 1.99. The van der Waals surface area contributed by atoms with E-state index in [0.29, 0.717) is 5.56 Å². The van der Waals surface area contributed by atoms with Crippen molar-refractivity contribution >= 4 is 0 Å². The molecular weight excluding hydrogens is 239 g/mol. The van der Waals surface area contributed by atoms with Gasteiger partial charge < -0.3 is 0 Å². The normalized spacial score (nSPS) is 10.6. The molecule has 1 aromatic heterocycles. The van der Waals surface area contributed by atoms with E-state index in [-0.39, 0.29) is 5.82 Å². The van der Waals surface area contributed by atoms with Gasteiger partial charge in [-0.15, -0.1) is 0 Å². The zero-order valence-electron chi connectivity index (χ0n) is 10.5. The summed E-state index contributed by atoms with van der Waals surface area (Å²) in [6.45, 7) is 1.75. The molecule has 0 aliphatic carbocycles. The van der Waals surface area contributed by atoms with E-state index in [1.807, 2.05) is 42.5 Å². The molecule has 0 bridgehead atoms. The second-order valence-electron chi connectivity index (χ2n) is 4.50. The first-order valence-electron chi connectivity index (χ1n) is 6.11. The van der Waals surface area contributed by atoms with Gasteiger partial charge in [0.1, 0.15) is 5.82 Å². The van der Waals surface area contributed by atoms with E-state index in [2.05, 4.69) is 10.2 Å². The van der Waals surface area contributed by atoms with Gasteiger partial charge in [-0.3, -0.25) is 5.10 Å². The first-order valence-corrected chi connectivity index (χ1v) is 6.11. The molecule has 0 amide bonds. The lowest BCUT2D eigenvalue weighted by atomic mass is 10.1. The van der Waals surface area contributed by atoms with Crippen molar-refractivity contribution in [3.8, 4) is 22.5 Å². The van der Waals surface area contributed by atoms with Crippen LogP contribution in [0.1, 0.15) is 5.56 Å². The summed E-state index contributed by atoms with van der Waals surface area (Å²) in [6, 6.07) is 17.0. The van der Waals surface area contributed by atoms with E-state index < -0.39 is 0 Å². The summed E-state index contributed by atoms with van der Waals surface area (Å²) in [7, 11) is 0. The monoisotopic (exact) mass is 252 g/mol. The minimum absolute atomic E-state index is 0.201. The molecule has 0 radical (unpaired) electrons. The lowest BCUT2D eigenvalue weighted by Crippen LogP contribution is -1.84. The van der Waals surface area contributed by atoms with Gasteiger partial charge in [-0.1, -0.05) is 42.5 Å². The molecule has 0 aliphatic rings. The highest BCUT2D eigenvalue weighted by Gasteiger charge is 2.07. The first kappa shape index (κ1) is 11.7. The van der Waals surface area contributed by atoms with Crippen LogP contribution < -0.4 is 0 Å². The number of benzene rings is 2. The lowest BCUT2D eigenvalue weighted by molar-refractivity contribution is 0.619. The van der Waals surface area contributed by atoms with Crippen molar-refractivity contribution in [2.45, 2.75) is 6.92 Å². The molecule has 94 valence electrons. The molecule has 0 unspecified atom stereocenters. The van der Waals surface area contributed by atoms with Gasteiger partial charge in [0.15, 0.2) is 0 Å². The van der Waals surface area contributed by atoms with Crippen molar-refractivity contribution < 1.29 is 4.39 Å². The molecule has 0 aliphatic heterocycles. The number of nitrogens with one attached hydrogen (secondary N) is 1. The van der Waals surface area contributed by atoms with Gasteiger partial charge in [-0.2, -0.15) is 5.10 Å². The second kappa shape index (κ2) is 4.69. The minimum Gasteiger partial charge on any atom is -0.277 e. The zero-order valence-corrected chi connectivity index (χ0v) is 10.5. The fourth-order valence-electron chi connectivity index (χ4n) is 1.99. The van der Waals surface area contributed by atoms with E-state index in [4.69, 9.17) is 0 Å². The average Bonchev–Trinajstić information content (AvgIpc) is 2.93. The molecule has 0 saturated heterocycles. The third-order valence-electron chi connectivity index (χ3n) is 3.13. The summed E-state index contributed by atoms with van der Waals surface area (Å²) in [6.07, 6.45) is 0. The van der Waals surface area contributed by atoms with Crippen molar-refractivity contribution in [1.82, 2.24) is 10.2 Å². The van der Waals surface area contributed by atoms with Crippen LogP contribution in [0, 0.1) is 12.7 Å². The van der Waals surface area contributed by atoms with Gasteiger partial charge in [-0.25, -0.2) is 4.39 Å². The quantitative estimate of drug-likeness (QED) is 0.727. The summed E-state index contributed by atoms with van der Waals surface area (Å²) in [5.74, 6) is -0.201. The van der Waals surface area contributed by atoms with Crippen LogP contribution in [0.5, 0.6) is 0 Å². The first-order chi connectivity index (χ1) is 9.24. The maximum atomic E-state index is 13.6. The van der Waals surface area contributed by atoms with Crippen LogP contribution in [0.25, 0.3) is 22.5 Å². The molecule has 2 aromatic carbocycles. The number of aromatic nitrogens is 2. The van der Waals surface area contributed by atoms with E-state index in [1.165, 1.54) is 6.07 Å². The van der Waals surface area contributed by atoms with Crippen LogP contribution in [0.15, 0.2) is 54.6 Å². The summed E-state index contributed by atoms with van der Waals surface area (Å²) in [5, 5.41) is 7.22. The van der Waals surface area contributed by atoms with Crippen LogP contribution >= 0.6 is 0 Å². The number of halogens is 1. The SMILES string of the molecule is Cc1ccc(-c2cc(-c3ccccc3)n[nH]2)cc1F. The molecule has 3 heteroatoms. The predicted molar refractivity (Wildman–Crippen MR) is 74.2 cm³/mol. The van der Waals surface area contributed by atoms with Crippen LogP contribution in [0.3, 0.4) is 0 Å². The van der Waals surface area contributed by atoms with Crippen molar-refractivity contribution in [2.75, 3.05) is 0 Å². The van der Waals surface area contributed by atoms with E-state index in [9.17, 15) is 4.39 Å². The van der Waals surface area contributed by atoms with E-state index in [1.54, 1.807) is 13.0 Å². The van der Waals surface area contributed by atoms with Crippen molar-refractivity contribution in [3.05, 3.63) is 66.0 Å². The topological polar surface area (TPSA) is 28.7 Å². The standard InChI is InChI=1S/C16H13FN2/c1-11-7-8-13(9-14(11)17)16-10-15(18-19-16)12-5-3-2-4-6-12/h2-10H,1H3,(H,18,19). The molecular formula is C16H13FN2. The number of H-pyrrole nitrogens is 1. The Bertz CT molecular complexity index is 702. The predicted octanol–water partition coefficient (Wildman–Crippen LogP) is 4.19. The molecule has 0 fully saturated rings. The van der Waals surface area contributed by atoms with Gasteiger partial charge in [0.25, 0.3) is 0 Å². The van der Waals surface area contributed by atoms with Crippen LogP contribution in [-0.2, 0) is 0 Å². The Morgan fingerprint density at radius 2 is 1.74 bits per heavy atom. The summed E-state index contributed by atoms with van der Waals surface area (Å²) in [4.78, 5) is 0. The van der Waals surface area contributed by atoms with Gasteiger partial charge in [-0.05, 0) is 24.6 Å². The highest BCUT2D eigenvalue weighted by molar-refractivity contribution is 5.68. The average molecular weight is 252 g/mol. The highest BCUT2D eigenvalue weighted by Crippen LogP contribution is 2.24. The third-order valence-corrected chi connectivity index (χ3v) is 3.13. The maximum absolute atomic E-state index is 13.6. The van der Waals surface area contributed by atoms with Crippen molar-refractivity contribution in [3.63, 3.8) is 0 Å². The molecule has 0 saturated carbocycles. The highest BCUT2D eigenvalue weighted by atomic mass is 19.1. The zero-order chi connectivity index (χ0) is 13.2. The Kier molecular flexibility index (Phi) is 2.88. The summed E-state index contributed by atoms with van der Waals surface area (Å²) >= 11 is 0. The fourth-order valence-corrected chi connectivity index (χ4v) is 1.99. The number of hydrogen-bond donors (Lipinski definition) is 1. The van der Waals surface area contributed by atoms with Gasteiger partial charge in [0.2, 0.25) is 0 Å². The maximum Gasteiger partial charge on any atom is 0.126 e. The van der Waals surface area contributed by atoms with Gasteiger partial charge in [0.05, 0.1) is 11.4 Å². The molecule has 1 heterocycles. The van der Waals surface area contributed by atoms with Gasteiger partial charge in [0, 0.05) is 11.1 Å². The summed E-state index contributed by atoms with van der Waals surface area (Å²) < 4.78 is 13.6. The largest absolute Gasteiger partial charge is 0.277 e. The summed E-state index contributed by atoms with van der Waals surface area (Å²) in [5.41, 5.74) is 4.16. The number of aromatic amines is 1. The molecule has 3 rings (SSSR count). The van der Waals surface area contributed by atoms with Crippen LogP contribution in [0.2, 0.25) is 0 Å². The lowest BCUT2D eigenvalue weighted by Gasteiger charge is -1.99. The number of hydrogen-bond acceptors (Lipinski definition) is 1. The van der Waals surface area contributed by atoms with Crippen LogP contribution in [-0.4, -0.2) is 10.2 Å². The Morgan fingerprint density at radius 3 is 2.47 bits per heavy atom. The fraction of sp³-hybridized carbons (Fsp3) is 0.0625. The van der Waals surface area contributed by atoms with Gasteiger partial charge >= 0.3 is 0 Å². The number of rotatable bonds is 2. The minimum atomic E-state index is -0.201. The van der Waals surface area contributed by atoms with Crippen molar-refractivity contribution in [2.24, 2.45) is 0 Å². The Labute approximate surface area is 110 Å². The van der Waals surface area contributed by atoms with Crippen LogP contribution in [0.4, 0.5) is 4.39 Å². The molecule has 1 N–H and O–H groups in total. The van der Waals surface area contributed by atoms with E-state index >= 15 is 0 Å². The third kappa shape index (κ3) is 2.27. The Morgan fingerprint density at radius 1 is 0.947 bits per heavy atom. The molecule has 0 atom stereocenters. The smallest absolute Gasteiger partial charge is 0.126 e. The molecule has 0 spiro atoms. The molecule has 19 heavy (non-hydrogen) atoms. The molecule has 2 nitrogen and oxygen atoms in total. The molecule has 3 aromatic rings. The number of nitrogens with zero attached hydrogens (tertiary/aromatic N) is 1. The van der Waals surface area contributed by atoms with Crippen molar-refractivity contribution in [1.29, 1.82) is 0 Å². The van der Waals surface area contributed by atoms with E-state index in [0.717, 1.165) is 22.5 Å². The Hall–Kier alpha value is -2.42. The second-order valence-corrected chi connectivity index (χ2v) is 4.50.